The highest BCUT2D eigenvalue weighted by Gasteiger charge is 2.24. The van der Waals surface area contributed by atoms with E-state index in [2.05, 4.69) is 36.0 Å². The maximum atomic E-state index is 12.7. The van der Waals surface area contributed by atoms with Crippen molar-refractivity contribution >= 4 is 40.1 Å². The van der Waals surface area contributed by atoms with Crippen LogP contribution in [0.2, 0.25) is 0 Å². The van der Waals surface area contributed by atoms with Crippen molar-refractivity contribution < 1.29 is 19.1 Å². The van der Waals surface area contributed by atoms with E-state index in [1.807, 2.05) is 12.1 Å². The van der Waals surface area contributed by atoms with Crippen LogP contribution in [0.5, 0.6) is 0 Å². The van der Waals surface area contributed by atoms with E-state index in [9.17, 15) is 14.4 Å². The summed E-state index contributed by atoms with van der Waals surface area (Å²) >= 11 is 1.36. The number of hydrogen-bond donors (Lipinski definition) is 2. The van der Waals surface area contributed by atoms with E-state index >= 15 is 0 Å². The zero-order valence-corrected chi connectivity index (χ0v) is 22.1. The molecule has 4 aromatic rings. The average molecular weight is 546 g/mol. The molecule has 0 spiro atoms. The largest absolute Gasteiger partial charge is 0.447 e. The number of nitrogens with one attached hydrogen (secondary N) is 2. The monoisotopic (exact) mass is 545 g/mol. The van der Waals surface area contributed by atoms with Crippen molar-refractivity contribution in [3.63, 3.8) is 0 Å². The molecular formula is C27H27N7O4S. The highest BCUT2D eigenvalue weighted by atomic mass is 32.1. The van der Waals surface area contributed by atoms with Gasteiger partial charge in [-0.3, -0.25) is 19.4 Å². The van der Waals surface area contributed by atoms with Crippen molar-refractivity contribution in [1.29, 1.82) is 0 Å². The molecule has 12 heteroatoms. The number of amides is 2. The van der Waals surface area contributed by atoms with Gasteiger partial charge < -0.3 is 15.4 Å². The predicted molar refractivity (Wildman–Crippen MR) is 145 cm³/mol. The Morgan fingerprint density at radius 1 is 0.846 bits per heavy atom. The van der Waals surface area contributed by atoms with Gasteiger partial charge in [-0.25, -0.2) is 0 Å². The Morgan fingerprint density at radius 2 is 1.64 bits per heavy atom. The van der Waals surface area contributed by atoms with Gasteiger partial charge in [-0.2, -0.15) is 5.10 Å². The van der Waals surface area contributed by atoms with Gasteiger partial charge in [0.15, 0.2) is 5.82 Å². The number of ether oxygens (including phenoxy) is 1. The number of nitrogens with zero attached hydrogens (tertiary/aromatic N) is 5. The zero-order chi connectivity index (χ0) is 27.5. The number of pyridine rings is 1. The molecule has 2 amide bonds. The Labute approximate surface area is 229 Å². The third kappa shape index (κ3) is 8.75. The molecule has 2 N–H and O–H groups in total. The molecule has 4 rings (SSSR count). The minimum atomic E-state index is -1.08. The van der Waals surface area contributed by atoms with Crippen LogP contribution in [0.4, 0.5) is 10.9 Å². The lowest BCUT2D eigenvalue weighted by molar-refractivity contribution is -0.152. The van der Waals surface area contributed by atoms with E-state index in [1.54, 1.807) is 54.7 Å². The second-order valence-electron chi connectivity index (χ2n) is 8.55. The number of rotatable bonds is 12. The third-order valence-electron chi connectivity index (χ3n) is 5.45. The van der Waals surface area contributed by atoms with E-state index in [4.69, 9.17) is 4.74 Å². The van der Waals surface area contributed by atoms with Gasteiger partial charge in [0.05, 0.1) is 12.1 Å². The molecule has 1 atom stereocenters. The van der Waals surface area contributed by atoms with E-state index < -0.39 is 18.0 Å². The Kier molecular flexibility index (Phi) is 9.73. The molecule has 0 saturated heterocycles. The van der Waals surface area contributed by atoms with Crippen molar-refractivity contribution in [2.24, 2.45) is 0 Å². The molecule has 0 aliphatic rings. The molecular weight excluding hydrogens is 518 g/mol. The summed E-state index contributed by atoms with van der Waals surface area (Å²) < 4.78 is 5.21. The molecule has 39 heavy (non-hydrogen) atoms. The Morgan fingerprint density at radius 3 is 2.36 bits per heavy atom. The number of carbonyl (C=O) groups excluding carboxylic acids is 3. The number of unbranched alkanes of at least 4 members (excludes halogenated alkanes) is 1. The first-order valence-corrected chi connectivity index (χ1v) is 13.2. The van der Waals surface area contributed by atoms with Gasteiger partial charge in [-0.05, 0) is 43.5 Å². The summed E-state index contributed by atoms with van der Waals surface area (Å²) in [5.74, 6) is -0.988. The number of carbonyl (C=O) groups is 3. The van der Waals surface area contributed by atoms with E-state index in [0.717, 1.165) is 30.0 Å². The van der Waals surface area contributed by atoms with Crippen LogP contribution in [0.1, 0.15) is 47.8 Å². The first-order chi connectivity index (χ1) is 19.0. The molecule has 0 aliphatic carbocycles. The van der Waals surface area contributed by atoms with Gasteiger partial charge in [0.25, 0.3) is 5.91 Å². The normalized spacial score (nSPS) is 11.4. The second-order valence-corrected chi connectivity index (χ2v) is 9.62. The lowest BCUT2D eigenvalue weighted by Gasteiger charge is -2.16. The van der Waals surface area contributed by atoms with Gasteiger partial charge in [0.2, 0.25) is 17.1 Å². The van der Waals surface area contributed by atoms with Gasteiger partial charge in [-0.1, -0.05) is 47.7 Å². The summed E-state index contributed by atoms with van der Waals surface area (Å²) in [6.45, 7) is 1.25. The van der Waals surface area contributed by atoms with Crippen molar-refractivity contribution in [2.75, 3.05) is 10.6 Å². The summed E-state index contributed by atoms with van der Waals surface area (Å²) in [5.41, 5.74) is 2.04. The van der Waals surface area contributed by atoms with E-state index in [1.165, 1.54) is 18.3 Å². The summed E-state index contributed by atoms with van der Waals surface area (Å²) in [6.07, 6.45) is 3.89. The van der Waals surface area contributed by atoms with Crippen LogP contribution in [0.25, 0.3) is 0 Å². The highest BCUT2D eigenvalue weighted by molar-refractivity contribution is 7.15. The molecule has 1 unspecified atom stereocenters. The van der Waals surface area contributed by atoms with Crippen LogP contribution in [0.15, 0.2) is 66.9 Å². The predicted octanol–water partition coefficient (Wildman–Crippen LogP) is 3.71. The second kappa shape index (κ2) is 13.8. The summed E-state index contributed by atoms with van der Waals surface area (Å²) in [6, 6.07) is 17.7. The average Bonchev–Trinajstić information content (AvgIpc) is 3.38. The fraction of sp³-hybridized carbons (Fsp3) is 0.259. The van der Waals surface area contributed by atoms with Crippen molar-refractivity contribution in [3.05, 3.63) is 88.8 Å². The Bertz CT molecular complexity index is 1380. The van der Waals surface area contributed by atoms with Crippen molar-refractivity contribution in [3.8, 4) is 0 Å². The van der Waals surface area contributed by atoms with E-state index in [0.29, 0.717) is 22.8 Å². The Balaban J connectivity index is 1.20. The number of benzene rings is 1. The molecule has 0 aliphatic heterocycles. The topological polar surface area (TPSA) is 149 Å². The van der Waals surface area contributed by atoms with Crippen LogP contribution < -0.4 is 10.6 Å². The molecule has 0 saturated carbocycles. The van der Waals surface area contributed by atoms with Gasteiger partial charge in [-0.15, -0.1) is 15.3 Å². The Hall–Kier alpha value is -4.58. The molecule has 1 aromatic carbocycles. The quantitative estimate of drug-likeness (QED) is 0.201. The standard InChI is InChI=1S/C27H27N7O4S/c1-18(35)38-25(19-9-3-2-4-10-19)26(37)29-22-15-14-20(31-32-22)11-5-6-13-24-33-34-27(39-24)30-23(36)17-21-12-7-8-16-28-21/h2-4,7-10,12,14-16,25H,5-6,11,13,17H2,1H3,(H,29,32,37)(H,30,34,36). The maximum absolute atomic E-state index is 12.7. The van der Waals surface area contributed by atoms with Crippen LogP contribution in [0, 0.1) is 0 Å². The fourth-order valence-electron chi connectivity index (χ4n) is 3.64. The van der Waals surface area contributed by atoms with Crippen molar-refractivity contribution in [2.45, 2.75) is 45.1 Å². The summed E-state index contributed by atoms with van der Waals surface area (Å²) in [4.78, 5) is 40.5. The highest BCUT2D eigenvalue weighted by Crippen LogP contribution is 2.20. The third-order valence-corrected chi connectivity index (χ3v) is 6.35. The van der Waals surface area contributed by atoms with Crippen LogP contribution in [0.3, 0.4) is 0 Å². The number of aromatic nitrogens is 5. The van der Waals surface area contributed by atoms with Gasteiger partial charge >= 0.3 is 5.97 Å². The van der Waals surface area contributed by atoms with E-state index in [-0.39, 0.29) is 18.1 Å². The number of hydrogen-bond acceptors (Lipinski definition) is 10. The van der Waals surface area contributed by atoms with Crippen molar-refractivity contribution in [1.82, 2.24) is 25.4 Å². The van der Waals surface area contributed by atoms with Crippen LogP contribution in [-0.2, 0) is 38.4 Å². The van der Waals surface area contributed by atoms with Crippen LogP contribution in [-0.4, -0.2) is 43.2 Å². The fourth-order valence-corrected chi connectivity index (χ4v) is 4.43. The van der Waals surface area contributed by atoms with Gasteiger partial charge in [0, 0.05) is 30.8 Å². The number of anilines is 2. The number of esters is 1. The van der Waals surface area contributed by atoms with Gasteiger partial charge in [0.1, 0.15) is 5.01 Å². The lowest BCUT2D eigenvalue weighted by Crippen LogP contribution is -2.25. The molecule has 0 fully saturated rings. The molecule has 0 bridgehead atoms. The first-order valence-electron chi connectivity index (χ1n) is 12.3. The molecule has 3 aromatic heterocycles. The molecule has 200 valence electrons. The minimum Gasteiger partial charge on any atom is -0.447 e. The summed E-state index contributed by atoms with van der Waals surface area (Å²) in [5, 5.41) is 23.2. The zero-order valence-electron chi connectivity index (χ0n) is 21.2. The molecule has 3 heterocycles. The summed E-state index contributed by atoms with van der Waals surface area (Å²) in [7, 11) is 0. The maximum Gasteiger partial charge on any atom is 0.303 e. The SMILES string of the molecule is CC(=O)OC(C(=O)Nc1ccc(CCCCc2nnc(NC(=O)Cc3ccccn3)s2)nn1)c1ccccc1. The first kappa shape index (κ1) is 27.5. The minimum absolute atomic E-state index is 0.180. The smallest absolute Gasteiger partial charge is 0.303 e. The van der Waals surface area contributed by atoms with Crippen LogP contribution >= 0.6 is 11.3 Å². The molecule has 11 nitrogen and oxygen atoms in total. The molecule has 0 radical (unpaired) electrons. The number of aryl methyl sites for hydroxylation is 2. The lowest BCUT2D eigenvalue weighted by atomic mass is 10.1.